The van der Waals surface area contributed by atoms with Crippen LogP contribution < -0.4 is 5.32 Å². The maximum Gasteiger partial charge on any atom is 0.0645 e. The zero-order valence-corrected chi connectivity index (χ0v) is 13.6. The molecular formula is C17H25N3S. The van der Waals surface area contributed by atoms with Crippen LogP contribution in [0.5, 0.6) is 0 Å². The van der Waals surface area contributed by atoms with Crippen LogP contribution in [0.2, 0.25) is 0 Å². The van der Waals surface area contributed by atoms with Crippen LogP contribution in [0.25, 0.3) is 5.69 Å². The average molecular weight is 303 g/mol. The summed E-state index contributed by atoms with van der Waals surface area (Å²) >= 11 is 1.95. The quantitative estimate of drug-likeness (QED) is 0.675. The number of rotatable bonds is 10. The highest BCUT2D eigenvalue weighted by Crippen LogP contribution is 2.08. The molecule has 1 aromatic heterocycles. The molecule has 0 amide bonds. The Morgan fingerprint density at radius 1 is 1.10 bits per heavy atom. The van der Waals surface area contributed by atoms with Crippen molar-refractivity contribution in [2.45, 2.75) is 32.2 Å². The van der Waals surface area contributed by atoms with Gasteiger partial charge in [0.05, 0.1) is 5.69 Å². The molecule has 2 rings (SSSR count). The molecule has 3 nitrogen and oxygen atoms in total. The fraction of sp³-hybridized carbons (Fsp3) is 0.471. The second-order valence-electron chi connectivity index (χ2n) is 5.20. The molecule has 0 saturated heterocycles. The predicted octanol–water partition coefficient (Wildman–Crippen LogP) is 3.89. The Balaban J connectivity index is 1.61. The van der Waals surface area contributed by atoms with E-state index in [0.29, 0.717) is 0 Å². The van der Waals surface area contributed by atoms with Crippen molar-refractivity contribution in [1.29, 1.82) is 0 Å². The Morgan fingerprint density at radius 3 is 2.62 bits per heavy atom. The number of thioether (sulfide) groups is 1. The van der Waals surface area contributed by atoms with Crippen molar-refractivity contribution >= 4 is 11.8 Å². The maximum absolute atomic E-state index is 4.23. The van der Waals surface area contributed by atoms with Gasteiger partial charge in [0.1, 0.15) is 0 Å². The SMILES string of the molecule is CSCCCCCCNCc1ccc(-n2cccn2)cc1. The number of hydrogen-bond donors (Lipinski definition) is 1. The van der Waals surface area contributed by atoms with Crippen LogP contribution in [0.3, 0.4) is 0 Å². The van der Waals surface area contributed by atoms with Crippen LogP contribution in [-0.4, -0.2) is 28.3 Å². The fourth-order valence-corrected chi connectivity index (χ4v) is 2.76. The number of aromatic nitrogens is 2. The van der Waals surface area contributed by atoms with Gasteiger partial charge < -0.3 is 5.32 Å². The van der Waals surface area contributed by atoms with Gasteiger partial charge in [-0.05, 0) is 55.2 Å². The molecule has 1 aromatic carbocycles. The van der Waals surface area contributed by atoms with E-state index in [1.54, 1.807) is 6.20 Å². The molecular weight excluding hydrogens is 278 g/mol. The lowest BCUT2D eigenvalue weighted by Gasteiger charge is -2.06. The summed E-state index contributed by atoms with van der Waals surface area (Å²) in [7, 11) is 0. The van der Waals surface area contributed by atoms with Gasteiger partial charge >= 0.3 is 0 Å². The summed E-state index contributed by atoms with van der Waals surface area (Å²) in [4.78, 5) is 0. The zero-order chi connectivity index (χ0) is 14.8. The van der Waals surface area contributed by atoms with Gasteiger partial charge in [0.15, 0.2) is 0 Å². The average Bonchev–Trinajstić information content (AvgIpc) is 3.05. The minimum Gasteiger partial charge on any atom is -0.313 e. The molecule has 0 radical (unpaired) electrons. The van der Waals surface area contributed by atoms with E-state index < -0.39 is 0 Å². The zero-order valence-electron chi connectivity index (χ0n) is 12.8. The van der Waals surface area contributed by atoms with Crippen molar-refractivity contribution < 1.29 is 0 Å². The molecule has 1 N–H and O–H groups in total. The highest BCUT2D eigenvalue weighted by molar-refractivity contribution is 7.98. The predicted molar refractivity (Wildman–Crippen MR) is 92.1 cm³/mol. The number of unbranched alkanes of at least 4 members (excludes halogenated alkanes) is 3. The highest BCUT2D eigenvalue weighted by atomic mass is 32.2. The first-order chi connectivity index (χ1) is 10.4. The molecule has 0 atom stereocenters. The van der Waals surface area contributed by atoms with E-state index in [4.69, 9.17) is 0 Å². The molecule has 4 heteroatoms. The summed E-state index contributed by atoms with van der Waals surface area (Å²) in [5.74, 6) is 1.30. The summed E-state index contributed by atoms with van der Waals surface area (Å²) in [5.41, 5.74) is 2.44. The standard InChI is InChI=1S/C17H25N3S/c1-21-14-5-3-2-4-11-18-15-16-7-9-17(10-8-16)20-13-6-12-19-20/h6-10,12-13,18H,2-5,11,14-15H2,1H3. The van der Waals surface area contributed by atoms with Crippen LogP contribution in [0.15, 0.2) is 42.7 Å². The van der Waals surface area contributed by atoms with E-state index >= 15 is 0 Å². The van der Waals surface area contributed by atoms with Crippen LogP contribution in [-0.2, 0) is 6.54 Å². The topological polar surface area (TPSA) is 29.9 Å². The van der Waals surface area contributed by atoms with Crippen LogP contribution in [0.1, 0.15) is 31.2 Å². The summed E-state index contributed by atoms with van der Waals surface area (Å²) < 4.78 is 1.88. The molecule has 0 bridgehead atoms. The molecule has 0 saturated carbocycles. The molecule has 1 heterocycles. The Kier molecular flexibility index (Phi) is 7.39. The molecule has 0 fully saturated rings. The van der Waals surface area contributed by atoms with Gasteiger partial charge in [0, 0.05) is 18.9 Å². The van der Waals surface area contributed by atoms with Gasteiger partial charge in [-0.3, -0.25) is 0 Å². The second kappa shape index (κ2) is 9.64. The smallest absolute Gasteiger partial charge is 0.0645 e. The highest BCUT2D eigenvalue weighted by Gasteiger charge is 1.97. The van der Waals surface area contributed by atoms with Crippen LogP contribution in [0.4, 0.5) is 0 Å². The summed E-state index contributed by atoms with van der Waals surface area (Å²) in [5, 5.41) is 7.75. The monoisotopic (exact) mass is 303 g/mol. The minimum atomic E-state index is 0.949. The normalized spacial score (nSPS) is 10.9. The van der Waals surface area contributed by atoms with Crippen molar-refractivity contribution in [2.75, 3.05) is 18.6 Å². The van der Waals surface area contributed by atoms with Crippen LogP contribution in [0, 0.1) is 0 Å². The molecule has 114 valence electrons. The molecule has 0 aliphatic carbocycles. The number of hydrogen-bond acceptors (Lipinski definition) is 3. The van der Waals surface area contributed by atoms with Gasteiger partial charge in [0.25, 0.3) is 0 Å². The minimum absolute atomic E-state index is 0.949. The van der Waals surface area contributed by atoms with Gasteiger partial charge in [-0.1, -0.05) is 25.0 Å². The summed E-state index contributed by atoms with van der Waals surface area (Å²) in [6, 6.07) is 10.5. The Hall–Kier alpha value is -1.26. The Bertz CT molecular complexity index is 479. The van der Waals surface area contributed by atoms with Crippen molar-refractivity contribution in [1.82, 2.24) is 15.1 Å². The van der Waals surface area contributed by atoms with E-state index in [2.05, 4.69) is 40.9 Å². The van der Waals surface area contributed by atoms with E-state index in [9.17, 15) is 0 Å². The molecule has 0 aliphatic rings. The van der Waals surface area contributed by atoms with Gasteiger partial charge in [-0.15, -0.1) is 0 Å². The molecule has 0 unspecified atom stereocenters. The molecule has 0 spiro atoms. The van der Waals surface area contributed by atoms with Crippen molar-refractivity contribution in [3.05, 3.63) is 48.3 Å². The van der Waals surface area contributed by atoms with Crippen molar-refractivity contribution in [3.8, 4) is 5.69 Å². The van der Waals surface area contributed by atoms with E-state index in [0.717, 1.165) is 18.8 Å². The second-order valence-corrected chi connectivity index (χ2v) is 6.19. The third-order valence-electron chi connectivity index (χ3n) is 3.49. The molecule has 2 aromatic rings. The van der Waals surface area contributed by atoms with Crippen molar-refractivity contribution in [2.24, 2.45) is 0 Å². The number of benzene rings is 1. The lowest BCUT2D eigenvalue weighted by molar-refractivity contribution is 0.599. The third kappa shape index (κ3) is 5.94. The van der Waals surface area contributed by atoms with Crippen molar-refractivity contribution in [3.63, 3.8) is 0 Å². The van der Waals surface area contributed by atoms with Gasteiger partial charge in [-0.2, -0.15) is 16.9 Å². The lowest BCUT2D eigenvalue weighted by atomic mass is 10.2. The summed E-state index contributed by atoms with van der Waals surface area (Å²) in [6.07, 6.45) is 11.3. The van der Waals surface area contributed by atoms with Gasteiger partial charge in [-0.25, -0.2) is 4.68 Å². The van der Waals surface area contributed by atoms with E-state index in [1.807, 2.05) is 28.7 Å². The first-order valence-electron chi connectivity index (χ1n) is 7.69. The number of nitrogens with one attached hydrogen (secondary N) is 1. The molecule has 21 heavy (non-hydrogen) atoms. The third-order valence-corrected chi connectivity index (χ3v) is 4.18. The largest absolute Gasteiger partial charge is 0.313 e. The Labute approximate surface area is 132 Å². The molecule has 0 aliphatic heterocycles. The number of nitrogens with zero attached hydrogens (tertiary/aromatic N) is 2. The summed E-state index contributed by atoms with van der Waals surface area (Å²) in [6.45, 7) is 2.06. The van der Waals surface area contributed by atoms with E-state index in [1.165, 1.54) is 37.0 Å². The first kappa shape index (κ1) is 16.1. The maximum atomic E-state index is 4.23. The Morgan fingerprint density at radius 2 is 1.90 bits per heavy atom. The fourth-order valence-electron chi connectivity index (χ4n) is 2.27. The van der Waals surface area contributed by atoms with E-state index in [-0.39, 0.29) is 0 Å². The van der Waals surface area contributed by atoms with Gasteiger partial charge in [0.2, 0.25) is 0 Å². The first-order valence-corrected chi connectivity index (χ1v) is 9.08. The lowest BCUT2D eigenvalue weighted by Crippen LogP contribution is -2.14. The van der Waals surface area contributed by atoms with Crippen LogP contribution >= 0.6 is 11.8 Å².